The highest BCUT2D eigenvalue weighted by atomic mass is 32.1. The average Bonchev–Trinajstić information content (AvgIpc) is 3.61. The number of rotatable bonds is 5. The normalized spacial score (nSPS) is 16.2. The third kappa shape index (κ3) is 3.60. The zero-order valence-electron chi connectivity index (χ0n) is 17.1. The van der Waals surface area contributed by atoms with Crippen LogP contribution in [0.25, 0.3) is 31.2 Å². The van der Waals surface area contributed by atoms with Crippen LogP contribution in [0.5, 0.6) is 0 Å². The molecule has 1 fully saturated rings. The molecule has 6 nitrogen and oxygen atoms in total. The maximum absolute atomic E-state index is 13.6. The van der Waals surface area contributed by atoms with E-state index in [9.17, 15) is 4.79 Å². The van der Waals surface area contributed by atoms with E-state index in [0.29, 0.717) is 17.4 Å². The number of furan rings is 1. The second-order valence-electron chi connectivity index (χ2n) is 7.67. The van der Waals surface area contributed by atoms with Gasteiger partial charge in [-0.25, -0.2) is 9.97 Å². The molecule has 1 saturated heterocycles. The number of thiazole rings is 2. The number of hydrogen-bond acceptors (Lipinski definition) is 7. The van der Waals surface area contributed by atoms with Gasteiger partial charge >= 0.3 is 0 Å². The lowest BCUT2D eigenvalue weighted by Crippen LogP contribution is -2.37. The molecule has 4 heterocycles. The zero-order chi connectivity index (χ0) is 21.5. The Bertz CT molecular complexity index is 1350. The van der Waals surface area contributed by atoms with E-state index in [0.717, 1.165) is 44.9 Å². The van der Waals surface area contributed by atoms with Gasteiger partial charge < -0.3 is 9.15 Å². The lowest BCUT2D eigenvalue weighted by atomic mass is 10.2. The number of hydrogen-bond donors (Lipinski definition) is 0. The number of fused-ring (bicyclic) bond motifs is 2. The summed E-state index contributed by atoms with van der Waals surface area (Å²) in [6.07, 6.45) is 1.95. The first-order chi connectivity index (χ1) is 15.7. The van der Waals surface area contributed by atoms with Crippen LogP contribution in [-0.4, -0.2) is 35.1 Å². The van der Waals surface area contributed by atoms with Crippen LogP contribution in [0.1, 0.15) is 23.4 Å². The second kappa shape index (κ2) is 8.12. The number of para-hydroxylation sites is 2. The largest absolute Gasteiger partial charge is 0.448 e. The van der Waals surface area contributed by atoms with Crippen LogP contribution in [-0.2, 0) is 4.74 Å². The molecule has 32 heavy (non-hydrogen) atoms. The zero-order valence-corrected chi connectivity index (χ0v) is 18.7. The van der Waals surface area contributed by atoms with Crippen molar-refractivity contribution in [2.24, 2.45) is 0 Å². The standard InChI is InChI=1S/C24H19N3O3S2/c28-23(19-12-11-18(30-19)22-25-16-7-1-3-9-20(16)31-22)27(14-15-6-5-13-29-15)24-26-17-8-2-4-10-21(17)32-24/h1-4,7-12,15H,5-6,13-14H2. The molecule has 1 aliphatic heterocycles. The summed E-state index contributed by atoms with van der Waals surface area (Å²) in [5, 5.41) is 1.42. The predicted octanol–water partition coefficient (Wildman–Crippen LogP) is 5.99. The molecule has 1 atom stereocenters. The van der Waals surface area contributed by atoms with Crippen LogP contribution in [0.4, 0.5) is 5.13 Å². The lowest BCUT2D eigenvalue weighted by Gasteiger charge is -2.22. The van der Waals surface area contributed by atoms with E-state index in [1.165, 1.54) is 11.3 Å². The van der Waals surface area contributed by atoms with E-state index in [2.05, 4.69) is 4.98 Å². The molecule has 0 bridgehead atoms. The van der Waals surface area contributed by atoms with Gasteiger partial charge in [-0.15, -0.1) is 11.3 Å². The van der Waals surface area contributed by atoms with Crippen molar-refractivity contribution in [2.45, 2.75) is 18.9 Å². The molecule has 3 aromatic heterocycles. The summed E-state index contributed by atoms with van der Waals surface area (Å²) in [7, 11) is 0. The van der Waals surface area contributed by atoms with Gasteiger partial charge in [-0.1, -0.05) is 35.6 Å². The third-order valence-electron chi connectivity index (χ3n) is 5.49. The van der Waals surface area contributed by atoms with Crippen LogP contribution in [0.15, 0.2) is 65.1 Å². The number of anilines is 1. The number of amides is 1. The second-order valence-corrected chi connectivity index (χ2v) is 9.71. The lowest BCUT2D eigenvalue weighted by molar-refractivity contribution is 0.0895. The van der Waals surface area contributed by atoms with E-state index in [1.807, 2.05) is 54.6 Å². The van der Waals surface area contributed by atoms with E-state index in [4.69, 9.17) is 14.1 Å². The number of ether oxygens (including phenoxy) is 1. The molecular formula is C24H19N3O3S2. The van der Waals surface area contributed by atoms with Crippen molar-refractivity contribution >= 4 is 54.1 Å². The quantitative estimate of drug-likeness (QED) is 0.321. The molecular weight excluding hydrogens is 442 g/mol. The smallest absolute Gasteiger partial charge is 0.295 e. The highest BCUT2D eigenvalue weighted by Gasteiger charge is 2.29. The summed E-state index contributed by atoms with van der Waals surface area (Å²) in [6, 6.07) is 19.4. The SMILES string of the molecule is O=C(c1ccc(-c2nc3ccccc3s2)o1)N(CC1CCCO1)c1nc2ccccc2s1. The summed E-state index contributed by atoms with van der Waals surface area (Å²) >= 11 is 3.05. The Hall–Kier alpha value is -3.07. The van der Waals surface area contributed by atoms with Crippen LogP contribution in [0.2, 0.25) is 0 Å². The van der Waals surface area contributed by atoms with Crippen molar-refractivity contribution < 1.29 is 13.9 Å². The Labute approximate surface area is 192 Å². The number of aromatic nitrogens is 2. The summed E-state index contributed by atoms with van der Waals surface area (Å²) in [4.78, 5) is 24.6. The molecule has 0 spiro atoms. The van der Waals surface area contributed by atoms with Gasteiger partial charge in [0.25, 0.3) is 5.91 Å². The molecule has 1 amide bonds. The number of benzene rings is 2. The van der Waals surface area contributed by atoms with Crippen LogP contribution in [0.3, 0.4) is 0 Å². The first-order valence-corrected chi connectivity index (χ1v) is 12.1. The number of carbonyl (C=O) groups excluding carboxylic acids is 1. The fraction of sp³-hybridized carbons (Fsp3) is 0.208. The molecule has 6 rings (SSSR count). The molecule has 1 aliphatic rings. The van der Waals surface area contributed by atoms with Gasteiger partial charge in [-0.3, -0.25) is 9.69 Å². The van der Waals surface area contributed by atoms with E-state index in [1.54, 1.807) is 22.3 Å². The van der Waals surface area contributed by atoms with Crippen molar-refractivity contribution in [1.82, 2.24) is 9.97 Å². The molecule has 0 aliphatic carbocycles. The molecule has 0 radical (unpaired) electrons. The molecule has 8 heteroatoms. The highest BCUT2D eigenvalue weighted by molar-refractivity contribution is 7.22. The Morgan fingerprint density at radius 2 is 1.72 bits per heavy atom. The van der Waals surface area contributed by atoms with E-state index < -0.39 is 0 Å². The number of nitrogens with zero attached hydrogens (tertiary/aromatic N) is 3. The molecule has 160 valence electrons. The minimum absolute atomic E-state index is 0.00431. The fourth-order valence-corrected chi connectivity index (χ4v) is 5.79. The van der Waals surface area contributed by atoms with Crippen LogP contribution >= 0.6 is 22.7 Å². The van der Waals surface area contributed by atoms with Crippen molar-refractivity contribution in [3.63, 3.8) is 0 Å². The molecule has 0 saturated carbocycles. The van der Waals surface area contributed by atoms with Gasteiger partial charge in [-0.2, -0.15) is 0 Å². The van der Waals surface area contributed by atoms with Crippen molar-refractivity contribution in [3.8, 4) is 10.8 Å². The average molecular weight is 462 g/mol. The summed E-state index contributed by atoms with van der Waals surface area (Å²) in [5.74, 6) is 0.652. The molecule has 0 N–H and O–H groups in total. The predicted molar refractivity (Wildman–Crippen MR) is 128 cm³/mol. The molecule has 5 aromatic rings. The van der Waals surface area contributed by atoms with Crippen molar-refractivity contribution in [1.29, 1.82) is 0 Å². The topological polar surface area (TPSA) is 68.5 Å². The minimum atomic E-state index is -0.216. The van der Waals surface area contributed by atoms with Gasteiger partial charge in [0.1, 0.15) is 0 Å². The fourth-order valence-electron chi connectivity index (χ4n) is 3.89. The maximum atomic E-state index is 13.6. The summed E-state index contributed by atoms with van der Waals surface area (Å²) in [5.41, 5.74) is 1.80. The van der Waals surface area contributed by atoms with Crippen molar-refractivity contribution in [3.05, 3.63) is 66.4 Å². The third-order valence-corrected chi connectivity index (χ3v) is 7.60. The van der Waals surface area contributed by atoms with Crippen LogP contribution < -0.4 is 4.90 Å². The Morgan fingerprint density at radius 3 is 2.44 bits per heavy atom. The molecule has 2 aromatic carbocycles. The number of carbonyl (C=O) groups is 1. The maximum Gasteiger partial charge on any atom is 0.295 e. The first-order valence-electron chi connectivity index (χ1n) is 10.5. The minimum Gasteiger partial charge on any atom is -0.448 e. The summed E-state index contributed by atoms with van der Waals surface area (Å²) < 4.78 is 13.9. The summed E-state index contributed by atoms with van der Waals surface area (Å²) in [6.45, 7) is 1.19. The van der Waals surface area contributed by atoms with Gasteiger partial charge in [-0.05, 0) is 49.2 Å². The van der Waals surface area contributed by atoms with Gasteiger partial charge in [0.15, 0.2) is 21.7 Å². The first kappa shape index (κ1) is 19.6. The van der Waals surface area contributed by atoms with E-state index in [-0.39, 0.29) is 17.8 Å². The van der Waals surface area contributed by atoms with Gasteiger partial charge in [0.05, 0.1) is 33.1 Å². The Balaban J connectivity index is 1.34. The Kier molecular flexibility index (Phi) is 4.98. The van der Waals surface area contributed by atoms with Gasteiger partial charge in [0, 0.05) is 6.61 Å². The van der Waals surface area contributed by atoms with Gasteiger partial charge in [0.2, 0.25) is 0 Å². The van der Waals surface area contributed by atoms with Crippen molar-refractivity contribution in [2.75, 3.05) is 18.1 Å². The molecule has 1 unspecified atom stereocenters. The highest BCUT2D eigenvalue weighted by Crippen LogP contribution is 2.34. The van der Waals surface area contributed by atoms with Crippen LogP contribution in [0, 0.1) is 0 Å². The Morgan fingerprint density at radius 1 is 0.969 bits per heavy atom. The monoisotopic (exact) mass is 461 g/mol. The van der Waals surface area contributed by atoms with E-state index >= 15 is 0 Å².